The number of amides is 1. The lowest BCUT2D eigenvalue weighted by Gasteiger charge is -2.19. The van der Waals surface area contributed by atoms with Gasteiger partial charge >= 0.3 is 0 Å². The molecule has 1 atom stereocenters. The Morgan fingerprint density at radius 2 is 1.79 bits per heavy atom. The number of non-ortho nitro benzene ring substituents is 1. The van der Waals surface area contributed by atoms with Crippen molar-refractivity contribution in [1.29, 1.82) is 5.41 Å². The van der Waals surface area contributed by atoms with Crippen molar-refractivity contribution in [1.82, 2.24) is 10.6 Å². The molecule has 0 heterocycles. The van der Waals surface area contributed by atoms with Gasteiger partial charge in [0.25, 0.3) is 5.69 Å². The Morgan fingerprint density at radius 3 is 2.38 bits per heavy atom. The molecule has 156 valence electrons. The van der Waals surface area contributed by atoms with Gasteiger partial charge in [-0.3, -0.25) is 20.3 Å². The Hall–Kier alpha value is -3.17. The van der Waals surface area contributed by atoms with E-state index < -0.39 is 11.0 Å². The van der Waals surface area contributed by atoms with E-state index in [1.54, 1.807) is 0 Å². The molecular formula is C19H25ClN6O3. The van der Waals surface area contributed by atoms with Gasteiger partial charge in [-0.1, -0.05) is 30.3 Å². The van der Waals surface area contributed by atoms with Crippen molar-refractivity contribution in [3.63, 3.8) is 0 Å². The molecule has 2 aromatic carbocycles. The molecule has 0 aliphatic rings. The fraction of sp³-hybridized carbons (Fsp3) is 0.263. The molecule has 0 aliphatic carbocycles. The SMILES string of the molecule is Cl.N=C(N)NCCCC(NCc1ccccc1)C(=O)Nc1ccc([N+](=O)[O-])cc1. The zero-order valence-electron chi connectivity index (χ0n) is 15.8. The van der Waals surface area contributed by atoms with E-state index in [4.69, 9.17) is 11.1 Å². The number of nitrogens with one attached hydrogen (secondary N) is 4. The number of guanidine groups is 1. The number of nitrogens with zero attached hydrogens (tertiary/aromatic N) is 1. The molecule has 0 aromatic heterocycles. The molecule has 2 rings (SSSR count). The minimum Gasteiger partial charge on any atom is -0.370 e. The first kappa shape index (κ1) is 23.9. The van der Waals surface area contributed by atoms with E-state index in [1.807, 2.05) is 30.3 Å². The molecule has 0 fully saturated rings. The molecule has 0 saturated carbocycles. The van der Waals surface area contributed by atoms with Crippen LogP contribution in [0.3, 0.4) is 0 Å². The van der Waals surface area contributed by atoms with Gasteiger partial charge in [-0.05, 0) is 30.5 Å². The first-order valence-electron chi connectivity index (χ1n) is 8.86. The monoisotopic (exact) mass is 420 g/mol. The lowest BCUT2D eigenvalue weighted by atomic mass is 10.1. The van der Waals surface area contributed by atoms with E-state index in [9.17, 15) is 14.9 Å². The molecule has 29 heavy (non-hydrogen) atoms. The summed E-state index contributed by atoms with van der Waals surface area (Å²) in [5, 5.41) is 26.7. The molecule has 0 radical (unpaired) electrons. The van der Waals surface area contributed by atoms with Gasteiger partial charge in [-0.15, -0.1) is 12.4 Å². The molecule has 0 bridgehead atoms. The third kappa shape index (κ3) is 8.58. The second kappa shape index (κ2) is 12.3. The largest absolute Gasteiger partial charge is 0.370 e. The summed E-state index contributed by atoms with van der Waals surface area (Å²) in [6.45, 7) is 1.02. The normalized spacial score (nSPS) is 11.0. The number of rotatable bonds is 10. The Labute approximate surface area is 175 Å². The van der Waals surface area contributed by atoms with Gasteiger partial charge in [0.15, 0.2) is 5.96 Å². The van der Waals surface area contributed by atoms with Crippen LogP contribution in [0.15, 0.2) is 54.6 Å². The molecule has 0 aliphatic heterocycles. The van der Waals surface area contributed by atoms with Crippen LogP contribution in [-0.2, 0) is 11.3 Å². The highest BCUT2D eigenvalue weighted by atomic mass is 35.5. The van der Waals surface area contributed by atoms with Gasteiger partial charge < -0.3 is 21.7 Å². The molecule has 6 N–H and O–H groups in total. The van der Waals surface area contributed by atoms with Crippen LogP contribution in [0.1, 0.15) is 18.4 Å². The fourth-order valence-corrected chi connectivity index (χ4v) is 2.59. The first-order valence-corrected chi connectivity index (χ1v) is 8.86. The minimum atomic E-state index is -0.488. The van der Waals surface area contributed by atoms with Gasteiger partial charge in [-0.25, -0.2) is 0 Å². The number of nitro benzene ring substituents is 1. The van der Waals surface area contributed by atoms with Crippen molar-refractivity contribution in [2.75, 3.05) is 11.9 Å². The van der Waals surface area contributed by atoms with E-state index in [1.165, 1.54) is 24.3 Å². The van der Waals surface area contributed by atoms with E-state index in [-0.39, 0.29) is 30.0 Å². The maximum Gasteiger partial charge on any atom is 0.269 e. The van der Waals surface area contributed by atoms with E-state index in [0.717, 1.165) is 5.56 Å². The van der Waals surface area contributed by atoms with Crippen molar-refractivity contribution in [2.24, 2.45) is 5.73 Å². The van der Waals surface area contributed by atoms with Gasteiger partial charge in [-0.2, -0.15) is 0 Å². The zero-order chi connectivity index (χ0) is 20.4. The number of benzene rings is 2. The minimum absolute atomic E-state index is 0. The second-order valence-electron chi connectivity index (χ2n) is 6.20. The predicted molar refractivity (Wildman–Crippen MR) is 115 cm³/mol. The summed E-state index contributed by atoms with van der Waals surface area (Å²) >= 11 is 0. The van der Waals surface area contributed by atoms with Gasteiger partial charge in [0.05, 0.1) is 11.0 Å². The van der Waals surface area contributed by atoms with Crippen LogP contribution in [0, 0.1) is 15.5 Å². The maximum absolute atomic E-state index is 12.7. The topological polar surface area (TPSA) is 146 Å². The van der Waals surface area contributed by atoms with E-state index in [2.05, 4.69) is 16.0 Å². The Bertz CT molecular complexity index is 801. The Morgan fingerprint density at radius 1 is 1.14 bits per heavy atom. The smallest absolute Gasteiger partial charge is 0.269 e. The summed E-state index contributed by atoms with van der Waals surface area (Å²) in [4.78, 5) is 22.9. The number of nitro groups is 1. The summed E-state index contributed by atoms with van der Waals surface area (Å²) in [7, 11) is 0. The van der Waals surface area contributed by atoms with Crippen LogP contribution in [-0.4, -0.2) is 29.4 Å². The van der Waals surface area contributed by atoms with Gasteiger partial charge in [0, 0.05) is 30.9 Å². The van der Waals surface area contributed by atoms with Crippen molar-refractivity contribution >= 4 is 35.6 Å². The summed E-state index contributed by atoms with van der Waals surface area (Å²) in [6, 6.07) is 14.9. The molecule has 0 spiro atoms. The van der Waals surface area contributed by atoms with Crippen LogP contribution in [0.2, 0.25) is 0 Å². The highest BCUT2D eigenvalue weighted by Gasteiger charge is 2.18. The number of nitrogens with two attached hydrogens (primary N) is 1. The third-order valence-electron chi connectivity index (χ3n) is 4.04. The fourth-order valence-electron chi connectivity index (χ4n) is 2.59. The van der Waals surface area contributed by atoms with E-state index in [0.29, 0.717) is 31.6 Å². The number of carbonyl (C=O) groups is 1. The standard InChI is InChI=1S/C19H24N6O3.ClH/c20-19(21)22-12-4-7-17(23-13-14-5-2-1-3-6-14)18(26)24-15-8-10-16(11-9-15)25(27)28;/h1-3,5-6,8-11,17,23H,4,7,12-13H2,(H,24,26)(H4,20,21,22);1H. The number of carbonyl (C=O) groups excluding carboxylic acids is 1. The first-order chi connectivity index (χ1) is 13.5. The van der Waals surface area contributed by atoms with Crippen LogP contribution in [0.4, 0.5) is 11.4 Å². The van der Waals surface area contributed by atoms with Crippen LogP contribution < -0.4 is 21.7 Å². The van der Waals surface area contributed by atoms with Crippen molar-refractivity contribution in [3.05, 3.63) is 70.3 Å². The average Bonchev–Trinajstić information content (AvgIpc) is 2.68. The van der Waals surface area contributed by atoms with Crippen molar-refractivity contribution in [2.45, 2.75) is 25.4 Å². The lowest BCUT2D eigenvalue weighted by molar-refractivity contribution is -0.384. The highest BCUT2D eigenvalue weighted by Crippen LogP contribution is 2.16. The summed E-state index contributed by atoms with van der Waals surface area (Å²) in [5.74, 6) is -0.336. The predicted octanol–water partition coefficient (Wildman–Crippen LogP) is 2.38. The summed E-state index contributed by atoms with van der Waals surface area (Å²) < 4.78 is 0. The molecule has 1 unspecified atom stereocenters. The average molecular weight is 421 g/mol. The summed E-state index contributed by atoms with van der Waals surface area (Å²) in [5.41, 5.74) is 6.78. The van der Waals surface area contributed by atoms with E-state index >= 15 is 0 Å². The molecular weight excluding hydrogens is 396 g/mol. The number of halogens is 1. The number of hydrogen-bond acceptors (Lipinski definition) is 5. The Balaban J connectivity index is 0.00000420. The van der Waals surface area contributed by atoms with Crippen LogP contribution >= 0.6 is 12.4 Å². The number of hydrogen-bond donors (Lipinski definition) is 5. The van der Waals surface area contributed by atoms with Crippen LogP contribution in [0.25, 0.3) is 0 Å². The summed E-state index contributed by atoms with van der Waals surface area (Å²) in [6.07, 6.45) is 1.17. The third-order valence-corrected chi connectivity index (χ3v) is 4.04. The molecule has 9 nitrogen and oxygen atoms in total. The quantitative estimate of drug-likeness (QED) is 0.131. The molecule has 0 saturated heterocycles. The second-order valence-corrected chi connectivity index (χ2v) is 6.20. The molecule has 1 amide bonds. The lowest BCUT2D eigenvalue weighted by Crippen LogP contribution is -2.41. The number of anilines is 1. The van der Waals surface area contributed by atoms with Crippen LogP contribution in [0.5, 0.6) is 0 Å². The Kier molecular flexibility index (Phi) is 10.1. The van der Waals surface area contributed by atoms with Crippen molar-refractivity contribution in [3.8, 4) is 0 Å². The zero-order valence-corrected chi connectivity index (χ0v) is 16.6. The maximum atomic E-state index is 12.7. The van der Waals surface area contributed by atoms with Crippen molar-refractivity contribution < 1.29 is 9.72 Å². The molecule has 10 heteroatoms. The highest BCUT2D eigenvalue weighted by molar-refractivity contribution is 5.94. The van der Waals surface area contributed by atoms with Gasteiger partial charge in [0.1, 0.15) is 0 Å². The molecule has 2 aromatic rings. The van der Waals surface area contributed by atoms with Gasteiger partial charge in [0.2, 0.25) is 5.91 Å².